The predicted molar refractivity (Wildman–Crippen MR) is 67.4 cm³/mol. The molecule has 1 aromatic heterocycles. The molecule has 2 rings (SSSR count). The van der Waals surface area contributed by atoms with Crippen molar-refractivity contribution in [3.63, 3.8) is 0 Å². The molecule has 0 saturated carbocycles. The van der Waals surface area contributed by atoms with Crippen molar-refractivity contribution >= 4 is 5.88 Å². The lowest BCUT2D eigenvalue weighted by Crippen LogP contribution is -2.12. The van der Waals surface area contributed by atoms with Gasteiger partial charge in [-0.15, -0.1) is 0 Å². The molecule has 112 valence electrons. The van der Waals surface area contributed by atoms with Crippen LogP contribution in [-0.2, 0) is 19.3 Å². The fourth-order valence-corrected chi connectivity index (χ4v) is 1.70. The molecule has 0 bridgehead atoms. The Labute approximate surface area is 117 Å². The van der Waals surface area contributed by atoms with Crippen molar-refractivity contribution in [2.24, 2.45) is 0 Å². The highest BCUT2D eigenvalue weighted by Crippen LogP contribution is 2.29. The first-order chi connectivity index (χ1) is 9.86. The molecule has 0 aliphatic rings. The number of benzene rings is 1. The van der Waals surface area contributed by atoms with E-state index < -0.39 is 16.7 Å². The van der Waals surface area contributed by atoms with E-state index in [2.05, 4.69) is 5.32 Å². The lowest BCUT2D eigenvalue weighted by atomic mass is 10.1. The van der Waals surface area contributed by atoms with Crippen molar-refractivity contribution in [1.82, 2.24) is 5.32 Å². The summed E-state index contributed by atoms with van der Waals surface area (Å²) >= 11 is 0. The van der Waals surface area contributed by atoms with E-state index in [4.69, 9.17) is 4.42 Å². The van der Waals surface area contributed by atoms with Crippen LogP contribution in [0.15, 0.2) is 40.8 Å². The highest BCUT2D eigenvalue weighted by Gasteiger charge is 2.29. The summed E-state index contributed by atoms with van der Waals surface area (Å²) in [6, 6.07) is 7.48. The van der Waals surface area contributed by atoms with Crippen LogP contribution in [0.5, 0.6) is 0 Å². The second kappa shape index (κ2) is 5.96. The first kappa shape index (κ1) is 15.0. The van der Waals surface area contributed by atoms with Crippen LogP contribution in [0, 0.1) is 10.1 Å². The number of hydrogen-bond acceptors (Lipinski definition) is 4. The zero-order chi connectivity index (χ0) is 15.5. The zero-order valence-corrected chi connectivity index (χ0v) is 10.7. The summed E-state index contributed by atoms with van der Waals surface area (Å²) in [5.41, 5.74) is -0.0306. The van der Waals surface area contributed by atoms with E-state index in [0.717, 1.165) is 12.1 Å². The van der Waals surface area contributed by atoms with Crippen molar-refractivity contribution < 1.29 is 22.5 Å². The molecule has 0 fully saturated rings. The topological polar surface area (TPSA) is 68.3 Å². The summed E-state index contributed by atoms with van der Waals surface area (Å²) in [5, 5.41) is 13.4. The van der Waals surface area contributed by atoms with Crippen LogP contribution in [-0.4, -0.2) is 4.92 Å². The number of alkyl halides is 3. The lowest BCUT2D eigenvalue weighted by molar-refractivity contribution is -0.402. The van der Waals surface area contributed by atoms with Gasteiger partial charge in [0.15, 0.2) is 0 Å². The van der Waals surface area contributed by atoms with E-state index in [1.165, 1.54) is 24.3 Å². The molecule has 21 heavy (non-hydrogen) atoms. The third-order valence-electron chi connectivity index (χ3n) is 2.74. The number of rotatable bonds is 5. The van der Waals surface area contributed by atoms with E-state index in [-0.39, 0.29) is 12.4 Å². The Morgan fingerprint density at radius 3 is 2.29 bits per heavy atom. The molecule has 5 nitrogen and oxygen atoms in total. The molecule has 1 aromatic carbocycles. The van der Waals surface area contributed by atoms with Crippen molar-refractivity contribution in [3.8, 4) is 0 Å². The molecule has 1 heterocycles. The summed E-state index contributed by atoms with van der Waals surface area (Å²) in [6.07, 6.45) is -4.35. The first-order valence-corrected chi connectivity index (χ1v) is 5.96. The molecule has 0 amide bonds. The van der Waals surface area contributed by atoms with Gasteiger partial charge in [-0.25, -0.2) is 0 Å². The second-order valence-electron chi connectivity index (χ2n) is 4.30. The van der Waals surface area contributed by atoms with E-state index in [1.807, 2.05) is 0 Å². The second-order valence-corrected chi connectivity index (χ2v) is 4.30. The number of nitrogens with one attached hydrogen (secondary N) is 1. The third-order valence-corrected chi connectivity index (χ3v) is 2.74. The van der Waals surface area contributed by atoms with Gasteiger partial charge < -0.3 is 9.73 Å². The maximum atomic E-state index is 12.4. The fraction of sp³-hybridized carbons (Fsp3) is 0.231. The highest BCUT2D eigenvalue weighted by molar-refractivity contribution is 5.24. The van der Waals surface area contributed by atoms with E-state index in [9.17, 15) is 23.3 Å². The van der Waals surface area contributed by atoms with Crippen molar-refractivity contribution in [1.29, 1.82) is 0 Å². The number of hydrogen-bond donors (Lipinski definition) is 1. The van der Waals surface area contributed by atoms with Gasteiger partial charge in [0.25, 0.3) is 0 Å². The van der Waals surface area contributed by atoms with Crippen LogP contribution in [0.3, 0.4) is 0 Å². The maximum absolute atomic E-state index is 12.4. The van der Waals surface area contributed by atoms with Crippen LogP contribution in [0.25, 0.3) is 0 Å². The molecular weight excluding hydrogens is 289 g/mol. The molecule has 0 unspecified atom stereocenters. The number of halogens is 3. The monoisotopic (exact) mass is 300 g/mol. The van der Waals surface area contributed by atoms with Gasteiger partial charge >= 0.3 is 12.1 Å². The van der Waals surface area contributed by atoms with Crippen LogP contribution in [0.1, 0.15) is 16.9 Å². The Morgan fingerprint density at radius 2 is 1.76 bits per heavy atom. The van der Waals surface area contributed by atoms with Crippen LogP contribution in [0.4, 0.5) is 19.1 Å². The summed E-state index contributed by atoms with van der Waals surface area (Å²) in [6.45, 7) is 0.571. The molecule has 0 aliphatic heterocycles. The summed E-state index contributed by atoms with van der Waals surface area (Å²) in [7, 11) is 0. The predicted octanol–water partition coefficient (Wildman–Crippen LogP) is 3.50. The van der Waals surface area contributed by atoms with Gasteiger partial charge in [0, 0.05) is 6.54 Å². The molecule has 1 N–H and O–H groups in total. The van der Waals surface area contributed by atoms with Gasteiger partial charge in [0.05, 0.1) is 18.2 Å². The fourth-order valence-electron chi connectivity index (χ4n) is 1.70. The Kier molecular flexibility index (Phi) is 4.27. The molecule has 0 atom stereocenters. The van der Waals surface area contributed by atoms with Gasteiger partial charge in [0.1, 0.15) is 10.7 Å². The van der Waals surface area contributed by atoms with E-state index >= 15 is 0 Å². The Bertz CT molecular complexity index is 620. The molecular formula is C13H11F3N2O3. The lowest BCUT2D eigenvalue weighted by Gasteiger charge is -2.08. The molecule has 0 radical (unpaired) electrons. The highest BCUT2D eigenvalue weighted by atomic mass is 19.4. The quantitative estimate of drug-likeness (QED) is 0.678. The molecule has 2 aromatic rings. The van der Waals surface area contributed by atoms with Crippen molar-refractivity contribution in [2.45, 2.75) is 19.3 Å². The standard InChI is InChI=1S/C13H11F3N2O3/c14-13(15,16)10-3-1-9(2-4-10)7-17-8-11-5-6-12(21-11)18(19)20/h1-6,17H,7-8H2. The van der Waals surface area contributed by atoms with Crippen LogP contribution in [0.2, 0.25) is 0 Å². The SMILES string of the molecule is O=[N+]([O-])c1ccc(CNCc2ccc(C(F)(F)F)cc2)o1. The van der Waals surface area contributed by atoms with E-state index in [1.54, 1.807) is 0 Å². The minimum absolute atomic E-state index is 0.245. The molecule has 0 saturated heterocycles. The normalized spacial score (nSPS) is 11.6. The average molecular weight is 300 g/mol. The Morgan fingerprint density at radius 1 is 1.10 bits per heavy atom. The smallest absolute Gasteiger partial charge is 0.404 e. The summed E-state index contributed by atoms with van der Waals surface area (Å²) in [5.74, 6) is 0.0370. The number of nitro groups is 1. The maximum Gasteiger partial charge on any atom is 0.433 e. The van der Waals surface area contributed by atoms with Crippen LogP contribution >= 0.6 is 0 Å². The van der Waals surface area contributed by atoms with Crippen molar-refractivity contribution in [3.05, 3.63) is 63.4 Å². The summed E-state index contributed by atoms with van der Waals surface area (Å²) < 4.78 is 42.1. The number of nitrogens with zero attached hydrogens (tertiary/aromatic N) is 1. The minimum Gasteiger partial charge on any atom is -0.404 e. The van der Waals surface area contributed by atoms with Gasteiger partial charge in [-0.05, 0) is 23.8 Å². The summed E-state index contributed by atoms with van der Waals surface area (Å²) in [4.78, 5) is 9.78. The molecule has 8 heteroatoms. The Hall–Kier alpha value is -2.35. The largest absolute Gasteiger partial charge is 0.433 e. The third kappa shape index (κ3) is 4.06. The van der Waals surface area contributed by atoms with Gasteiger partial charge in [0.2, 0.25) is 0 Å². The molecule has 0 aliphatic carbocycles. The van der Waals surface area contributed by atoms with Crippen LogP contribution < -0.4 is 5.32 Å². The van der Waals surface area contributed by atoms with Gasteiger partial charge in [-0.3, -0.25) is 10.1 Å². The Balaban J connectivity index is 1.87. The minimum atomic E-state index is -4.35. The van der Waals surface area contributed by atoms with Gasteiger partial charge in [-0.2, -0.15) is 13.2 Å². The van der Waals surface area contributed by atoms with Gasteiger partial charge in [-0.1, -0.05) is 12.1 Å². The first-order valence-electron chi connectivity index (χ1n) is 5.96. The average Bonchev–Trinajstić information content (AvgIpc) is 2.87. The van der Waals surface area contributed by atoms with Crippen molar-refractivity contribution in [2.75, 3.05) is 0 Å². The number of furan rings is 1. The van der Waals surface area contributed by atoms with E-state index in [0.29, 0.717) is 17.9 Å². The zero-order valence-electron chi connectivity index (χ0n) is 10.7. The molecule has 0 spiro atoms.